The Bertz CT molecular complexity index is 823. The van der Waals surface area contributed by atoms with Gasteiger partial charge in [-0.25, -0.2) is 9.78 Å². The zero-order valence-electron chi connectivity index (χ0n) is 10.6. The van der Waals surface area contributed by atoms with Crippen molar-refractivity contribution in [3.63, 3.8) is 0 Å². The van der Waals surface area contributed by atoms with Gasteiger partial charge in [0.05, 0.1) is 5.56 Å². The number of halogens is 1. The first-order chi connectivity index (χ1) is 9.58. The van der Waals surface area contributed by atoms with Crippen molar-refractivity contribution in [3.05, 3.63) is 52.0 Å². The number of carboxylic acids is 1. The molecule has 2 aromatic carbocycles. The van der Waals surface area contributed by atoms with E-state index in [4.69, 9.17) is 9.52 Å². The molecule has 0 bridgehead atoms. The van der Waals surface area contributed by atoms with Crippen LogP contribution in [0.25, 0.3) is 22.6 Å². The number of aryl methyl sites for hydroxylation is 1. The van der Waals surface area contributed by atoms with Crippen molar-refractivity contribution in [2.75, 3.05) is 0 Å². The zero-order valence-corrected chi connectivity index (χ0v) is 12.1. The highest BCUT2D eigenvalue weighted by Crippen LogP contribution is 2.33. The van der Waals surface area contributed by atoms with Crippen molar-refractivity contribution in [3.8, 4) is 11.5 Å². The zero-order chi connectivity index (χ0) is 14.3. The van der Waals surface area contributed by atoms with Crippen LogP contribution in [0.1, 0.15) is 15.9 Å². The lowest BCUT2D eigenvalue weighted by atomic mass is 10.1. The first-order valence-electron chi connectivity index (χ1n) is 5.96. The average molecular weight is 332 g/mol. The topological polar surface area (TPSA) is 63.3 Å². The van der Waals surface area contributed by atoms with Gasteiger partial charge in [0.15, 0.2) is 5.58 Å². The number of benzene rings is 2. The van der Waals surface area contributed by atoms with Crippen LogP contribution in [0, 0.1) is 6.92 Å². The van der Waals surface area contributed by atoms with Crippen LogP contribution >= 0.6 is 15.9 Å². The van der Waals surface area contributed by atoms with E-state index in [1.54, 1.807) is 12.1 Å². The fourth-order valence-electron chi connectivity index (χ4n) is 2.05. The van der Waals surface area contributed by atoms with Gasteiger partial charge < -0.3 is 9.52 Å². The van der Waals surface area contributed by atoms with Crippen LogP contribution in [0.2, 0.25) is 0 Å². The van der Waals surface area contributed by atoms with E-state index >= 15 is 0 Å². The van der Waals surface area contributed by atoms with Gasteiger partial charge in [0.1, 0.15) is 11.1 Å². The Hall–Kier alpha value is -2.14. The molecule has 0 aliphatic rings. The van der Waals surface area contributed by atoms with E-state index in [1.807, 2.05) is 25.1 Å². The molecule has 0 amide bonds. The molecule has 0 saturated heterocycles. The lowest BCUT2D eigenvalue weighted by Gasteiger charge is -2.02. The normalized spacial score (nSPS) is 10.9. The molecule has 100 valence electrons. The Morgan fingerprint density at radius 3 is 2.75 bits per heavy atom. The van der Waals surface area contributed by atoms with Crippen molar-refractivity contribution in [2.24, 2.45) is 0 Å². The molecular weight excluding hydrogens is 322 g/mol. The average Bonchev–Trinajstić information content (AvgIpc) is 2.84. The Balaban J connectivity index is 2.26. The largest absolute Gasteiger partial charge is 0.478 e. The lowest BCUT2D eigenvalue weighted by molar-refractivity contribution is 0.0698. The fourth-order valence-corrected chi connectivity index (χ4v) is 2.48. The van der Waals surface area contributed by atoms with Crippen LogP contribution in [-0.4, -0.2) is 16.1 Å². The molecular formula is C15H10BrNO3. The van der Waals surface area contributed by atoms with E-state index in [9.17, 15) is 4.79 Å². The second-order valence-electron chi connectivity index (χ2n) is 4.41. The van der Waals surface area contributed by atoms with Gasteiger partial charge in [-0.15, -0.1) is 0 Å². The SMILES string of the molecule is Cc1cccc(-c2nc3cccc(C(=O)O)c3o2)c1Br. The van der Waals surface area contributed by atoms with Gasteiger partial charge >= 0.3 is 5.97 Å². The molecule has 0 atom stereocenters. The maximum absolute atomic E-state index is 11.2. The van der Waals surface area contributed by atoms with Crippen LogP contribution in [0.5, 0.6) is 0 Å². The molecule has 0 spiro atoms. The molecule has 0 radical (unpaired) electrons. The summed E-state index contributed by atoms with van der Waals surface area (Å²) in [5.41, 5.74) is 2.81. The Kier molecular flexibility index (Phi) is 3.06. The van der Waals surface area contributed by atoms with Crippen molar-refractivity contribution in [2.45, 2.75) is 6.92 Å². The predicted octanol–water partition coefficient (Wildman–Crippen LogP) is 4.26. The minimum Gasteiger partial charge on any atom is -0.478 e. The number of hydrogen-bond donors (Lipinski definition) is 1. The maximum Gasteiger partial charge on any atom is 0.339 e. The van der Waals surface area contributed by atoms with Gasteiger partial charge in [-0.2, -0.15) is 0 Å². The first-order valence-corrected chi connectivity index (χ1v) is 6.75. The summed E-state index contributed by atoms with van der Waals surface area (Å²) < 4.78 is 6.55. The summed E-state index contributed by atoms with van der Waals surface area (Å²) >= 11 is 3.51. The molecule has 20 heavy (non-hydrogen) atoms. The summed E-state index contributed by atoms with van der Waals surface area (Å²) in [6.45, 7) is 1.97. The minimum atomic E-state index is -1.03. The minimum absolute atomic E-state index is 0.116. The van der Waals surface area contributed by atoms with Gasteiger partial charge in [0.25, 0.3) is 0 Å². The monoisotopic (exact) mass is 331 g/mol. The van der Waals surface area contributed by atoms with Crippen LogP contribution in [0.15, 0.2) is 45.3 Å². The predicted molar refractivity (Wildman–Crippen MR) is 78.8 cm³/mol. The maximum atomic E-state index is 11.2. The number of carboxylic acid groups (broad SMARTS) is 1. The number of rotatable bonds is 2. The second kappa shape index (κ2) is 4.76. The van der Waals surface area contributed by atoms with E-state index in [-0.39, 0.29) is 5.56 Å². The highest BCUT2D eigenvalue weighted by molar-refractivity contribution is 9.10. The third kappa shape index (κ3) is 2.00. The number of fused-ring (bicyclic) bond motifs is 1. The summed E-state index contributed by atoms with van der Waals surface area (Å²) in [6.07, 6.45) is 0. The highest BCUT2D eigenvalue weighted by Gasteiger charge is 2.17. The molecule has 0 aliphatic carbocycles. The van der Waals surface area contributed by atoms with Gasteiger partial charge in [-0.1, -0.05) is 18.2 Å². The van der Waals surface area contributed by atoms with Crippen molar-refractivity contribution in [1.82, 2.24) is 4.98 Å². The van der Waals surface area contributed by atoms with Crippen LogP contribution < -0.4 is 0 Å². The summed E-state index contributed by atoms with van der Waals surface area (Å²) in [5.74, 6) is -0.620. The smallest absolute Gasteiger partial charge is 0.339 e. The number of para-hydroxylation sites is 1. The molecule has 0 fully saturated rings. The second-order valence-corrected chi connectivity index (χ2v) is 5.21. The lowest BCUT2D eigenvalue weighted by Crippen LogP contribution is -1.95. The molecule has 4 nitrogen and oxygen atoms in total. The number of nitrogens with zero attached hydrogens (tertiary/aromatic N) is 1. The van der Waals surface area contributed by atoms with Crippen molar-refractivity contribution < 1.29 is 14.3 Å². The summed E-state index contributed by atoms with van der Waals surface area (Å²) in [7, 11) is 0. The van der Waals surface area contributed by atoms with E-state index in [1.165, 1.54) is 6.07 Å². The standard InChI is InChI=1S/C15H10BrNO3/c1-8-4-2-5-9(12(8)16)14-17-11-7-3-6-10(15(18)19)13(11)20-14/h2-7H,1H3,(H,18,19). The van der Waals surface area contributed by atoms with Gasteiger partial charge in [-0.3, -0.25) is 0 Å². The van der Waals surface area contributed by atoms with Crippen LogP contribution in [0.3, 0.4) is 0 Å². The van der Waals surface area contributed by atoms with E-state index in [0.717, 1.165) is 15.6 Å². The Morgan fingerprint density at radius 2 is 2.00 bits per heavy atom. The van der Waals surface area contributed by atoms with E-state index in [2.05, 4.69) is 20.9 Å². The molecule has 3 aromatic rings. The summed E-state index contributed by atoms with van der Waals surface area (Å²) in [6, 6.07) is 10.6. The summed E-state index contributed by atoms with van der Waals surface area (Å²) in [5, 5.41) is 9.16. The number of carbonyl (C=O) groups is 1. The molecule has 0 saturated carbocycles. The molecule has 0 aliphatic heterocycles. The Morgan fingerprint density at radius 1 is 1.25 bits per heavy atom. The first kappa shape index (κ1) is 12.9. The quantitative estimate of drug-likeness (QED) is 0.761. The highest BCUT2D eigenvalue weighted by atomic mass is 79.9. The number of oxazole rings is 1. The third-order valence-corrected chi connectivity index (χ3v) is 4.12. The van der Waals surface area contributed by atoms with Gasteiger partial charge in [0, 0.05) is 4.47 Å². The van der Waals surface area contributed by atoms with Crippen LogP contribution in [-0.2, 0) is 0 Å². The van der Waals surface area contributed by atoms with E-state index in [0.29, 0.717) is 17.0 Å². The molecule has 5 heteroatoms. The fraction of sp³-hybridized carbons (Fsp3) is 0.0667. The molecule has 1 heterocycles. The molecule has 3 rings (SSSR count). The van der Waals surface area contributed by atoms with Crippen molar-refractivity contribution >= 4 is 33.0 Å². The molecule has 1 aromatic heterocycles. The van der Waals surface area contributed by atoms with E-state index < -0.39 is 5.97 Å². The Labute approximate surface area is 123 Å². The van der Waals surface area contributed by atoms with Crippen LogP contribution in [0.4, 0.5) is 0 Å². The number of hydrogen-bond acceptors (Lipinski definition) is 3. The number of aromatic nitrogens is 1. The van der Waals surface area contributed by atoms with Gasteiger partial charge in [0.2, 0.25) is 5.89 Å². The molecule has 1 N–H and O–H groups in total. The number of aromatic carboxylic acids is 1. The van der Waals surface area contributed by atoms with Crippen molar-refractivity contribution in [1.29, 1.82) is 0 Å². The van der Waals surface area contributed by atoms with Gasteiger partial charge in [-0.05, 0) is 46.6 Å². The molecule has 0 unspecified atom stereocenters. The summed E-state index contributed by atoms with van der Waals surface area (Å²) in [4.78, 5) is 15.6. The third-order valence-electron chi connectivity index (χ3n) is 3.07.